The van der Waals surface area contributed by atoms with E-state index in [1.807, 2.05) is 30.0 Å². The van der Waals surface area contributed by atoms with Crippen LogP contribution in [-0.4, -0.2) is 36.3 Å². The van der Waals surface area contributed by atoms with E-state index in [2.05, 4.69) is 43.5 Å². The second-order valence-electron chi connectivity index (χ2n) is 9.55. The second-order valence-corrected chi connectivity index (χ2v) is 10.5. The molecule has 6 nitrogen and oxygen atoms in total. The van der Waals surface area contributed by atoms with E-state index in [-0.39, 0.29) is 12.3 Å². The average Bonchev–Trinajstić information content (AvgIpc) is 3.16. The molecule has 0 amide bonds. The summed E-state index contributed by atoms with van der Waals surface area (Å²) in [4.78, 5) is 11.1. The molecule has 0 aromatic heterocycles. The first-order chi connectivity index (χ1) is 18.0. The molecular formula is C30H32O6S. The van der Waals surface area contributed by atoms with Gasteiger partial charge in [-0.15, -0.1) is 0 Å². The summed E-state index contributed by atoms with van der Waals surface area (Å²) in [6.07, 6.45) is 3.21. The van der Waals surface area contributed by atoms with Crippen LogP contribution in [0.15, 0.2) is 48.5 Å². The van der Waals surface area contributed by atoms with Gasteiger partial charge in [-0.3, -0.25) is 4.79 Å². The molecule has 2 heterocycles. The molecular weight excluding hydrogens is 488 g/mol. The number of aryl methyl sites for hydroxylation is 1. The summed E-state index contributed by atoms with van der Waals surface area (Å²) >= 11 is 1.83. The number of hydrogen-bond acceptors (Lipinski definition) is 6. The average molecular weight is 521 g/mol. The van der Waals surface area contributed by atoms with Gasteiger partial charge < -0.3 is 24.1 Å². The van der Waals surface area contributed by atoms with Crippen LogP contribution >= 0.6 is 11.8 Å². The number of carboxylic acids is 1. The van der Waals surface area contributed by atoms with Crippen LogP contribution in [-0.2, 0) is 29.4 Å². The maximum atomic E-state index is 11.1. The van der Waals surface area contributed by atoms with Crippen LogP contribution in [0.2, 0.25) is 0 Å². The third-order valence-corrected chi connectivity index (χ3v) is 7.50. The Labute approximate surface area is 221 Å². The number of thioether (sulfide) groups is 1. The van der Waals surface area contributed by atoms with E-state index in [1.54, 1.807) is 0 Å². The Balaban J connectivity index is 1.32. The van der Waals surface area contributed by atoms with Gasteiger partial charge in [0, 0.05) is 17.5 Å². The first-order valence-corrected chi connectivity index (χ1v) is 14.0. The van der Waals surface area contributed by atoms with Crippen LogP contribution in [0.5, 0.6) is 17.2 Å². The van der Waals surface area contributed by atoms with Crippen molar-refractivity contribution in [1.29, 1.82) is 0 Å². The van der Waals surface area contributed by atoms with Gasteiger partial charge in [-0.05, 0) is 83.0 Å². The van der Waals surface area contributed by atoms with Crippen LogP contribution in [0, 0.1) is 6.92 Å². The maximum absolute atomic E-state index is 11.1. The molecule has 0 fully saturated rings. The van der Waals surface area contributed by atoms with Gasteiger partial charge >= 0.3 is 5.97 Å². The molecule has 3 aromatic carbocycles. The fourth-order valence-electron chi connectivity index (χ4n) is 5.04. The summed E-state index contributed by atoms with van der Waals surface area (Å²) in [6, 6.07) is 16.3. The van der Waals surface area contributed by atoms with Gasteiger partial charge in [-0.2, -0.15) is 11.8 Å². The van der Waals surface area contributed by atoms with Gasteiger partial charge in [-0.1, -0.05) is 18.2 Å². The first kappa shape index (κ1) is 25.5. The predicted octanol–water partition coefficient (Wildman–Crippen LogP) is 6.35. The molecule has 0 radical (unpaired) electrons. The van der Waals surface area contributed by atoms with Crippen molar-refractivity contribution in [2.75, 3.05) is 25.2 Å². The van der Waals surface area contributed by atoms with Gasteiger partial charge in [0.25, 0.3) is 0 Å². The maximum Gasteiger partial charge on any atom is 0.304 e. The van der Waals surface area contributed by atoms with Crippen LogP contribution in [0.25, 0.3) is 11.1 Å². The molecule has 5 rings (SSSR count). The zero-order valence-corrected chi connectivity index (χ0v) is 22.1. The normalized spacial score (nSPS) is 15.7. The molecule has 1 atom stereocenters. The summed E-state index contributed by atoms with van der Waals surface area (Å²) in [5.74, 6) is 2.47. The van der Waals surface area contributed by atoms with E-state index in [1.165, 1.54) is 16.7 Å². The molecule has 0 bridgehead atoms. The standard InChI is InChI=1S/C30H32O6S/c1-19-10-25(34-8-3-9-37-2)12-23-17-33-16-21-5-4-20(11-27(21)30(19)23)15-35-24-6-7-26-22(13-29(31)32)18-36-28(26)14-24/h4-7,10-12,14,22H,3,8-9,13,15-18H2,1-2H3,(H,31,32). The van der Waals surface area contributed by atoms with Crippen molar-refractivity contribution in [1.82, 2.24) is 0 Å². The Morgan fingerprint density at radius 2 is 1.92 bits per heavy atom. The summed E-state index contributed by atoms with van der Waals surface area (Å²) in [7, 11) is 0. The Morgan fingerprint density at radius 3 is 2.76 bits per heavy atom. The Hall–Kier alpha value is -3.16. The fourth-order valence-corrected chi connectivity index (χ4v) is 5.44. The number of ether oxygens (including phenoxy) is 4. The van der Waals surface area contributed by atoms with Gasteiger partial charge in [-0.25, -0.2) is 0 Å². The third-order valence-electron chi connectivity index (χ3n) is 6.80. The number of fused-ring (bicyclic) bond motifs is 4. The second kappa shape index (κ2) is 11.5. The van der Waals surface area contributed by atoms with Crippen molar-refractivity contribution in [3.05, 3.63) is 76.3 Å². The van der Waals surface area contributed by atoms with Gasteiger partial charge in [0.2, 0.25) is 0 Å². The van der Waals surface area contributed by atoms with Gasteiger partial charge in [0.05, 0.1) is 32.8 Å². The minimum Gasteiger partial charge on any atom is -0.494 e. The molecule has 7 heteroatoms. The molecule has 1 unspecified atom stereocenters. The molecule has 2 aliphatic heterocycles. The lowest BCUT2D eigenvalue weighted by Gasteiger charge is -2.16. The largest absolute Gasteiger partial charge is 0.494 e. The Morgan fingerprint density at radius 1 is 1.05 bits per heavy atom. The Bertz CT molecular complexity index is 1290. The SMILES string of the molecule is CSCCCOc1cc(C)c2c(c1)COCc1ccc(COc3ccc4c(c3)OCC4CC(=O)O)cc1-2. The molecule has 2 aliphatic rings. The molecule has 194 valence electrons. The molecule has 0 saturated carbocycles. The molecule has 3 aromatic rings. The van der Waals surface area contributed by atoms with Gasteiger partial charge in [0.1, 0.15) is 23.9 Å². The van der Waals surface area contributed by atoms with E-state index in [4.69, 9.17) is 24.1 Å². The van der Waals surface area contributed by atoms with Crippen molar-refractivity contribution in [2.45, 2.75) is 45.5 Å². The fraction of sp³-hybridized carbons (Fsp3) is 0.367. The smallest absolute Gasteiger partial charge is 0.304 e. The first-order valence-electron chi connectivity index (χ1n) is 12.6. The van der Waals surface area contributed by atoms with Crippen molar-refractivity contribution in [2.24, 2.45) is 0 Å². The van der Waals surface area contributed by atoms with Gasteiger partial charge in [0.15, 0.2) is 0 Å². The third kappa shape index (κ3) is 5.89. The lowest BCUT2D eigenvalue weighted by atomic mass is 9.91. The highest BCUT2D eigenvalue weighted by atomic mass is 32.2. The molecule has 0 saturated heterocycles. The molecule has 0 spiro atoms. The number of rotatable bonds is 10. The van der Waals surface area contributed by atoms with Crippen molar-refractivity contribution in [3.8, 4) is 28.4 Å². The van der Waals surface area contributed by atoms with Crippen molar-refractivity contribution >= 4 is 17.7 Å². The van der Waals surface area contributed by atoms with Crippen LogP contribution in [0.3, 0.4) is 0 Å². The van der Waals surface area contributed by atoms with E-state index < -0.39 is 5.97 Å². The van der Waals surface area contributed by atoms with E-state index in [9.17, 15) is 4.79 Å². The highest BCUT2D eigenvalue weighted by Crippen LogP contribution is 2.39. The molecule has 0 aliphatic carbocycles. The highest BCUT2D eigenvalue weighted by molar-refractivity contribution is 7.98. The summed E-state index contributed by atoms with van der Waals surface area (Å²) in [5, 5.41) is 9.12. The van der Waals surface area contributed by atoms with E-state index in [0.29, 0.717) is 44.5 Å². The van der Waals surface area contributed by atoms with Crippen LogP contribution in [0.1, 0.15) is 46.6 Å². The zero-order chi connectivity index (χ0) is 25.8. The topological polar surface area (TPSA) is 74.2 Å². The minimum absolute atomic E-state index is 0.0680. The highest BCUT2D eigenvalue weighted by Gasteiger charge is 2.26. The lowest BCUT2D eigenvalue weighted by molar-refractivity contribution is -0.137. The summed E-state index contributed by atoms with van der Waals surface area (Å²) in [5.41, 5.74) is 7.86. The Kier molecular flexibility index (Phi) is 7.91. The predicted molar refractivity (Wildman–Crippen MR) is 145 cm³/mol. The molecule has 1 N–H and O–H groups in total. The number of carbonyl (C=O) groups is 1. The van der Waals surface area contributed by atoms with Crippen LogP contribution in [0.4, 0.5) is 0 Å². The lowest BCUT2D eigenvalue weighted by Crippen LogP contribution is -2.07. The number of aliphatic carboxylic acids is 1. The van der Waals surface area contributed by atoms with Crippen molar-refractivity contribution < 1.29 is 28.8 Å². The van der Waals surface area contributed by atoms with E-state index in [0.717, 1.165) is 40.2 Å². The van der Waals surface area contributed by atoms with E-state index >= 15 is 0 Å². The van der Waals surface area contributed by atoms with Crippen LogP contribution < -0.4 is 14.2 Å². The quantitative estimate of drug-likeness (QED) is 0.312. The number of carboxylic acid groups (broad SMARTS) is 1. The monoisotopic (exact) mass is 520 g/mol. The number of hydrogen-bond donors (Lipinski definition) is 1. The van der Waals surface area contributed by atoms with Crippen molar-refractivity contribution in [3.63, 3.8) is 0 Å². The molecule has 37 heavy (non-hydrogen) atoms. The summed E-state index contributed by atoms with van der Waals surface area (Å²) < 4.78 is 23.9. The minimum atomic E-state index is -0.817. The number of benzene rings is 3. The zero-order valence-electron chi connectivity index (χ0n) is 21.2. The summed E-state index contributed by atoms with van der Waals surface area (Å²) in [6.45, 7) is 4.77.